The second-order valence-corrected chi connectivity index (χ2v) is 6.93. The van der Waals surface area contributed by atoms with Crippen LogP contribution in [0.5, 0.6) is 0 Å². The molecule has 0 saturated carbocycles. The first kappa shape index (κ1) is 19.4. The van der Waals surface area contributed by atoms with Gasteiger partial charge in [0.2, 0.25) is 0 Å². The summed E-state index contributed by atoms with van der Waals surface area (Å²) in [5.41, 5.74) is 5.51. The molecule has 0 atom stereocenters. The van der Waals surface area contributed by atoms with Crippen LogP contribution in [-0.2, 0) is 4.79 Å². The lowest BCUT2D eigenvalue weighted by atomic mass is 9.95. The van der Waals surface area contributed by atoms with Gasteiger partial charge in [0.05, 0.1) is 0 Å². The average molecular weight is 386 g/mol. The summed E-state index contributed by atoms with van der Waals surface area (Å²) in [6.07, 6.45) is 2.02. The van der Waals surface area contributed by atoms with Crippen molar-refractivity contribution in [2.75, 3.05) is 0 Å². The van der Waals surface area contributed by atoms with E-state index in [2.05, 4.69) is 12.1 Å². The third kappa shape index (κ3) is 4.37. The summed E-state index contributed by atoms with van der Waals surface area (Å²) in [5, 5.41) is 0. The van der Waals surface area contributed by atoms with Crippen molar-refractivity contribution in [2.45, 2.75) is 0 Å². The van der Waals surface area contributed by atoms with E-state index >= 15 is 0 Å². The molecule has 4 aromatic rings. The Bertz CT molecular complexity index is 1130. The Morgan fingerprint density at radius 2 is 0.767 bits per heavy atom. The Morgan fingerprint density at radius 3 is 1.23 bits per heavy atom. The standard InChI is InChI=1S/C23H16O.C6H6/c24-23-21(18-12-6-2-7-13-18)16-20(17-10-4-1-5-11-17)22(23)19-14-8-3-9-15-19;1-2-4-6-5-3-1/h1-16H;1-6H. The molecule has 144 valence electrons. The van der Waals surface area contributed by atoms with Crippen LogP contribution in [0.3, 0.4) is 0 Å². The summed E-state index contributed by atoms with van der Waals surface area (Å²) in [6.45, 7) is 0. The molecule has 0 saturated heterocycles. The predicted octanol–water partition coefficient (Wildman–Crippen LogP) is 6.95. The zero-order valence-electron chi connectivity index (χ0n) is 16.6. The van der Waals surface area contributed by atoms with Gasteiger partial charge < -0.3 is 0 Å². The number of benzene rings is 4. The van der Waals surface area contributed by atoms with Crippen LogP contribution in [0.2, 0.25) is 0 Å². The van der Waals surface area contributed by atoms with Gasteiger partial charge in [0.15, 0.2) is 5.78 Å². The molecule has 0 aromatic heterocycles. The van der Waals surface area contributed by atoms with Crippen LogP contribution in [0.25, 0.3) is 16.7 Å². The molecule has 0 heterocycles. The molecule has 1 aliphatic rings. The number of Topliss-reactive ketones (excluding diaryl/α,β-unsaturated/α-hetero) is 1. The third-order valence-electron chi connectivity index (χ3n) is 4.93. The predicted molar refractivity (Wildman–Crippen MR) is 126 cm³/mol. The summed E-state index contributed by atoms with van der Waals surface area (Å²) in [5.74, 6) is 0.0891. The van der Waals surface area contributed by atoms with Crippen molar-refractivity contribution >= 4 is 22.5 Å². The Hall–Kier alpha value is -3.97. The molecule has 1 heteroatoms. The van der Waals surface area contributed by atoms with Gasteiger partial charge in [-0.15, -0.1) is 0 Å². The highest BCUT2D eigenvalue weighted by molar-refractivity contribution is 6.51. The molecule has 5 rings (SSSR count). The summed E-state index contributed by atoms with van der Waals surface area (Å²) in [6, 6.07) is 41.9. The van der Waals surface area contributed by atoms with Gasteiger partial charge in [0.1, 0.15) is 0 Å². The van der Waals surface area contributed by atoms with Crippen LogP contribution >= 0.6 is 0 Å². The molecule has 0 N–H and O–H groups in total. The van der Waals surface area contributed by atoms with E-state index in [4.69, 9.17) is 0 Å². The Morgan fingerprint density at radius 1 is 0.400 bits per heavy atom. The van der Waals surface area contributed by atoms with Crippen molar-refractivity contribution < 1.29 is 4.79 Å². The first-order valence-electron chi connectivity index (χ1n) is 10.0. The molecule has 1 nitrogen and oxygen atoms in total. The maximum absolute atomic E-state index is 13.2. The number of hydrogen-bond acceptors (Lipinski definition) is 1. The number of hydrogen-bond donors (Lipinski definition) is 0. The molecule has 4 aromatic carbocycles. The minimum absolute atomic E-state index is 0.0891. The third-order valence-corrected chi connectivity index (χ3v) is 4.93. The van der Waals surface area contributed by atoms with E-state index in [1.165, 1.54) is 0 Å². The first-order chi connectivity index (χ1) is 14.8. The SMILES string of the molecule is O=C1C(c2ccccc2)=CC(c2ccccc2)=C1c1ccccc1.c1ccccc1. The molecule has 0 radical (unpaired) electrons. The van der Waals surface area contributed by atoms with E-state index in [9.17, 15) is 4.79 Å². The van der Waals surface area contributed by atoms with Gasteiger partial charge in [0, 0.05) is 11.1 Å². The average Bonchev–Trinajstić information content (AvgIpc) is 3.19. The molecule has 0 spiro atoms. The van der Waals surface area contributed by atoms with Crippen LogP contribution in [0.4, 0.5) is 0 Å². The second-order valence-electron chi connectivity index (χ2n) is 6.93. The van der Waals surface area contributed by atoms with Crippen molar-refractivity contribution in [3.63, 3.8) is 0 Å². The number of allylic oxidation sites excluding steroid dienone is 4. The van der Waals surface area contributed by atoms with E-state index < -0.39 is 0 Å². The number of carbonyl (C=O) groups is 1. The molecule has 1 aliphatic carbocycles. The molecule has 0 aliphatic heterocycles. The lowest BCUT2D eigenvalue weighted by Crippen LogP contribution is -2.01. The molecular formula is C29H22O. The van der Waals surface area contributed by atoms with Gasteiger partial charge in [-0.3, -0.25) is 4.79 Å². The lowest BCUT2D eigenvalue weighted by molar-refractivity contribution is -0.108. The maximum Gasteiger partial charge on any atom is 0.194 e. The lowest BCUT2D eigenvalue weighted by Gasteiger charge is -2.07. The monoisotopic (exact) mass is 386 g/mol. The number of rotatable bonds is 3. The van der Waals surface area contributed by atoms with Gasteiger partial charge in [-0.2, -0.15) is 0 Å². The number of ketones is 1. The molecule has 0 bridgehead atoms. The molecule has 0 unspecified atom stereocenters. The van der Waals surface area contributed by atoms with Gasteiger partial charge in [-0.1, -0.05) is 127 Å². The van der Waals surface area contributed by atoms with Crippen LogP contribution in [-0.4, -0.2) is 5.78 Å². The zero-order chi connectivity index (χ0) is 20.6. The van der Waals surface area contributed by atoms with Crippen LogP contribution in [0.15, 0.2) is 133 Å². The highest BCUT2D eigenvalue weighted by Gasteiger charge is 2.28. The summed E-state index contributed by atoms with van der Waals surface area (Å²) in [4.78, 5) is 13.2. The van der Waals surface area contributed by atoms with E-state index in [1.807, 2.05) is 121 Å². The molecule has 0 fully saturated rings. The normalized spacial score (nSPS) is 12.8. The van der Waals surface area contributed by atoms with E-state index in [0.29, 0.717) is 0 Å². The van der Waals surface area contributed by atoms with Crippen LogP contribution in [0.1, 0.15) is 16.7 Å². The summed E-state index contributed by atoms with van der Waals surface area (Å²) < 4.78 is 0. The second kappa shape index (κ2) is 9.49. The summed E-state index contributed by atoms with van der Waals surface area (Å²) >= 11 is 0. The molecular weight excluding hydrogens is 364 g/mol. The van der Waals surface area contributed by atoms with Crippen molar-refractivity contribution in [2.24, 2.45) is 0 Å². The Kier molecular flexibility index (Phi) is 6.12. The Balaban J connectivity index is 0.000000313. The Labute approximate surface area is 177 Å². The van der Waals surface area contributed by atoms with Gasteiger partial charge in [-0.25, -0.2) is 0 Å². The highest BCUT2D eigenvalue weighted by atomic mass is 16.1. The summed E-state index contributed by atoms with van der Waals surface area (Å²) in [7, 11) is 0. The van der Waals surface area contributed by atoms with Crippen LogP contribution in [0, 0.1) is 0 Å². The van der Waals surface area contributed by atoms with Gasteiger partial charge >= 0.3 is 0 Å². The van der Waals surface area contributed by atoms with Crippen LogP contribution < -0.4 is 0 Å². The first-order valence-corrected chi connectivity index (χ1v) is 10.0. The maximum atomic E-state index is 13.2. The minimum Gasteiger partial charge on any atom is -0.289 e. The largest absolute Gasteiger partial charge is 0.289 e. The fraction of sp³-hybridized carbons (Fsp3) is 0. The van der Waals surface area contributed by atoms with Gasteiger partial charge in [-0.05, 0) is 28.3 Å². The fourth-order valence-electron chi connectivity index (χ4n) is 3.49. The quantitative estimate of drug-likeness (QED) is 0.372. The smallest absolute Gasteiger partial charge is 0.194 e. The van der Waals surface area contributed by atoms with Crippen molar-refractivity contribution in [3.05, 3.63) is 150 Å². The van der Waals surface area contributed by atoms with Gasteiger partial charge in [0.25, 0.3) is 0 Å². The number of carbonyl (C=O) groups excluding carboxylic acids is 1. The van der Waals surface area contributed by atoms with Crippen molar-refractivity contribution in [1.29, 1.82) is 0 Å². The molecule has 30 heavy (non-hydrogen) atoms. The zero-order valence-corrected chi connectivity index (χ0v) is 16.6. The van der Waals surface area contributed by atoms with Crippen molar-refractivity contribution in [1.82, 2.24) is 0 Å². The highest BCUT2D eigenvalue weighted by Crippen LogP contribution is 2.39. The topological polar surface area (TPSA) is 17.1 Å². The van der Waals surface area contributed by atoms with E-state index in [-0.39, 0.29) is 5.78 Å². The molecule has 0 amide bonds. The minimum atomic E-state index is 0.0891. The van der Waals surface area contributed by atoms with E-state index in [1.54, 1.807) is 0 Å². The fourth-order valence-corrected chi connectivity index (χ4v) is 3.49. The van der Waals surface area contributed by atoms with Crippen molar-refractivity contribution in [3.8, 4) is 0 Å². The van der Waals surface area contributed by atoms with E-state index in [0.717, 1.165) is 33.4 Å².